The van der Waals surface area contributed by atoms with Crippen molar-refractivity contribution >= 4 is 37.3 Å². The molecule has 0 unspecified atom stereocenters. The van der Waals surface area contributed by atoms with E-state index in [0.717, 1.165) is 10.5 Å². The number of halogens is 1. The van der Waals surface area contributed by atoms with Crippen LogP contribution in [-0.2, 0) is 10.0 Å². The minimum atomic E-state index is -3.90. The molecule has 6 nitrogen and oxygen atoms in total. The predicted octanol–water partition coefficient (Wildman–Crippen LogP) is 3.88. The molecule has 0 aliphatic carbocycles. The molecule has 2 rings (SSSR count). The Balaban J connectivity index is 2.60. The Morgan fingerprint density at radius 3 is 2.48 bits per heavy atom. The van der Waals surface area contributed by atoms with Crippen LogP contribution in [0.3, 0.4) is 0 Å². The Kier molecular flexibility index (Phi) is 5.06. The Morgan fingerprint density at radius 1 is 1.22 bits per heavy atom. The summed E-state index contributed by atoms with van der Waals surface area (Å²) in [5.74, 6) is 0. The van der Waals surface area contributed by atoms with E-state index >= 15 is 0 Å². The zero-order chi connectivity index (χ0) is 17.2. The molecule has 0 fully saturated rings. The maximum Gasteiger partial charge on any atom is 0.270 e. The van der Waals surface area contributed by atoms with Gasteiger partial charge in [-0.2, -0.15) is 0 Å². The monoisotopic (exact) mass is 398 g/mol. The molecule has 0 atom stereocenters. The Hall–Kier alpha value is -1.93. The zero-order valence-electron chi connectivity index (χ0n) is 12.6. The highest BCUT2D eigenvalue weighted by molar-refractivity contribution is 9.10. The lowest BCUT2D eigenvalue weighted by atomic mass is 10.2. The second-order valence-corrected chi connectivity index (χ2v) is 7.60. The molecule has 2 aromatic carbocycles. The summed E-state index contributed by atoms with van der Waals surface area (Å²) in [5.41, 5.74) is 0.705. The van der Waals surface area contributed by atoms with E-state index in [1.165, 1.54) is 16.4 Å². The van der Waals surface area contributed by atoms with E-state index in [-0.39, 0.29) is 17.1 Å². The number of benzene rings is 2. The van der Waals surface area contributed by atoms with E-state index in [1.807, 2.05) is 0 Å². The smallest absolute Gasteiger partial charge is 0.267 e. The summed E-state index contributed by atoms with van der Waals surface area (Å²) >= 11 is 3.32. The molecule has 0 spiro atoms. The summed E-state index contributed by atoms with van der Waals surface area (Å²) < 4.78 is 27.9. The van der Waals surface area contributed by atoms with Gasteiger partial charge in [-0.05, 0) is 37.6 Å². The second-order valence-electron chi connectivity index (χ2n) is 4.86. The SMILES string of the molecule is CCN(c1cccc(Br)c1)S(=O)(=O)c1cc([N+](=O)[O-])ccc1C. The van der Waals surface area contributed by atoms with Crippen LogP contribution in [0.25, 0.3) is 0 Å². The van der Waals surface area contributed by atoms with Gasteiger partial charge < -0.3 is 0 Å². The van der Waals surface area contributed by atoms with Gasteiger partial charge in [-0.3, -0.25) is 14.4 Å². The molecule has 0 aliphatic rings. The van der Waals surface area contributed by atoms with Crippen molar-refractivity contribution in [1.29, 1.82) is 0 Å². The van der Waals surface area contributed by atoms with Gasteiger partial charge in [0.2, 0.25) is 0 Å². The van der Waals surface area contributed by atoms with Crippen LogP contribution >= 0.6 is 15.9 Å². The summed E-state index contributed by atoms with van der Waals surface area (Å²) in [6.07, 6.45) is 0. The molecule has 8 heteroatoms. The van der Waals surface area contributed by atoms with Crippen LogP contribution in [0, 0.1) is 17.0 Å². The number of nitrogens with zero attached hydrogens (tertiary/aromatic N) is 2. The first-order chi connectivity index (χ1) is 10.8. The minimum absolute atomic E-state index is 0.0616. The fraction of sp³-hybridized carbons (Fsp3) is 0.200. The number of anilines is 1. The largest absolute Gasteiger partial charge is 0.270 e. The first-order valence-electron chi connectivity index (χ1n) is 6.80. The van der Waals surface area contributed by atoms with E-state index in [4.69, 9.17) is 0 Å². The van der Waals surface area contributed by atoms with Gasteiger partial charge in [0.25, 0.3) is 15.7 Å². The van der Waals surface area contributed by atoms with Gasteiger partial charge in [0, 0.05) is 23.2 Å². The summed E-state index contributed by atoms with van der Waals surface area (Å²) in [6, 6.07) is 10.7. The topological polar surface area (TPSA) is 80.5 Å². The number of sulfonamides is 1. The van der Waals surface area contributed by atoms with Crippen molar-refractivity contribution in [3.8, 4) is 0 Å². The third kappa shape index (κ3) is 3.53. The summed E-state index contributed by atoms with van der Waals surface area (Å²) in [6.45, 7) is 3.54. The average Bonchev–Trinajstić information content (AvgIpc) is 2.47. The van der Waals surface area contributed by atoms with E-state index < -0.39 is 14.9 Å². The first-order valence-corrected chi connectivity index (χ1v) is 9.04. The van der Waals surface area contributed by atoms with Gasteiger partial charge in [0.05, 0.1) is 15.5 Å². The van der Waals surface area contributed by atoms with E-state index in [9.17, 15) is 18.5 Å². The standard InChI is InChI=1S/C15H15BrN2O4S/c1-3-17(13-6-4-5-12(16)9-13)23(21,22)15-10-14(18(19)20)8-7-11(15)2/h4-10H,3H2,1-2H3. The van der Waals surface area contributed by atoms with Gasteiger partial charge in [-0.15, -0.1) is 0 Å². The van der Waals surface area contributed by atoms with E-state index in [1.54, 1.807) is 38.1 Å². The quantitative estimate of drug-likeness (QED) is 0.565. The zero-order valence-corrected chi connectivity index (χ0v) is 15.0. The number of rotatable bonds is 5. The molecule has 0 aromatic heterocycles. The molecule has 0 radical (unpaired) electrons. The highest BCUT2D eigenvalue weighted by Crippen LogP contribution is 2.29. The molecule has 0 saturated heterocycles. The molecule has 0 heterocycles. The molecule has 0 N–H and O–H groups in total. The molecule has 0 amide bonds. The average molecular weight is 399 g/mol. The van der Waals surface area contributed by atoms with Gasteiger partial charge in [0.15, 0.2) is 0 Å². The van der Waals surface area contributed by atoms with Crippen molar-refractivity contribution in [2.45, 2.75) is 18.7 Å². The molecule has 0 bridgehead atoms. The van der Waals surface area contributed by atoms with Gasteiger partial charge >= 0.3 is 0 Å². The van der Waals surface area contributed by atoms with Crippen LogP contribution in [0.4, 0.5) is 11.4 Å². The van der Waals surface area contributed by atoms with Crippen LogP contribution in [0.15, 0.2) is 51.8 Å². The lowest BCUT2D eigenvalue weighted by Crippen LogP contribution is -2.31. The second kappa shape index (κ2) is 6.67. The van der Waals surface area contributed by atoms with Crippen LogP contribution < -0.4 is 4.31 Å². The van der Waals surface area contributed by atoms with Gasteiger partial charge in [-0.1, -0.05) is 28.1 Å². The molecule has 23 heavy (non-hydrogen) atoms. The highest BCUT2D eigenvalue weighted by Gasteiger charge is 2.27. The van der Waals surface area contributed by atoms with Crippen LogP contribution in [0.2, 0.25) is 0 Å². The maximum absolute atomic E-state index is 13.0. The normalized spacial score (nSPS) is 11.3. The van der Waals surface area contributed by atoms with Crippen molar-refractivity contribution in [2.24, 2.45) is 0 Å². The number of hydrogen-bond donors (Lipinski definition) is 0. The number of aryl methyl sites for hydroxylation is 1. The third-order valence-electron chi connectivity index (χ3n) is 3.33. The lowest BCUT2D eigenvalue weighted by Gasteiger charge is -2.24. The summed E-state index contributed by atoms with van der Waals surface area (Å²) in [7, 11) is -3.90. The summed E-state index contributed by atoms with van der Waals surface area (Å²) in [5, 5.41) is 10.9. The Morgan fingerprint density at radius 2 is 1.91 bits per heavy atom. The van der Waals surface area contributed by atoms with Crippen molar-refractivity contribution in [3.05, 3.63) is 62.6 Å². The van der Waals surface area contributed by atoms with E-state index in [0.29, 0.717) is 11.3 Å². The molecule has 2 aromatic rings. The first kappa shape index (κ1) is 17.4. The van der Waals surface area contributed by atoms with Crippen molar-refractivity contribution in [3.63, 3.8) is 0 Å². The van der Waals surface area contributed by atoms with Gasteiger partial charge in [-0.25, -0.2) is 8.42 Å². The number of nitro benzene ring substituents is 1. The van der Waals surface area contributed by atoms with Crippen LogP contribution in [0.5, 0.6) is 0 Å². The molecular formula is C15H15BrN2O4S. The van der Waals surface area contributed by atoms with Crippen molar-refractivity contribution in [1.82, 2.24) is 0 Å². The molecular weight excluding hydrogens is 384 g/mol. The van der Waals surface area contributed by atoms with Crippen molar-refractivity contribution < 1.29 is 13.3 Å². The van der Waals surface area contributed by atoms with Gasteiger partial charge in [0.1, 0.15) is 0 Å². The predicted molar refractivity (Wildman–Crippen MR) is 92.2 cm³/mol. The highest BCUT2D eigenvalue weighted by atomic mass is 79.9. The van der Waals surface area contributed by atoms with Crippen LogP contribution in [0.1, 0.15) is 12.5 Å². The number of non-ortho nitro benzene ring substituents is 1. The van der Waals surface area contributed by atoms with Crippen molar-refractivity contribution in [2.75, 3.05) is 10.8 Å². The van der Waals surface area contributed by atoms with E-state index in [2.05, 4.69) is 15.9 Å². The maximum atomic E-state index is 13.0. The fourth-order valence-electron chi connectivity index (χ4n) is 2.22. The third-order valence-corrected chi connectivity index (χ3v) is 5.87. The fourth-order valence-corrected chi connectivity index (χ4v) is 4.32. The minimum Gasteiger partial charge on any atom is -0.267 e. The lowest BCUT2D eigenvalue weighted by molar-refractivity contribution is -0.385. The molecule has 0 saturated carbocycles. The number of nitro groups is 1. The van der Waals surface area contributed by atoms with Crippen LogP contribution in [-0.4, -0.2) is 19.9 Å². The molecule has 122 valence electrons. The Labute approximate surface area is 143 Å². The number of hydrogen-bond acceptors (Lipinski definition) is 4. The Bertz CT molecular complexity index is 852. The molecule has 0 aliphatic heterocycles. The summed E-state index contributed by atoms with van der Waals surface area (Å²) in [4.78, 5) is 10.3.